The Morgan fingerprint density at radius 3 is 2.42 bits per heavy atom. The third-order valence-electron chi connectivity index (χ3n) is 6.41. The lowest BCUT2D eigenvalue weighted by Gasteiger charge is -2.36. The number of nitrogens with one attached hydrogen (secondary N) is 1. The third-order valence-corrected chi connectivity index (χ3v) is 6.96. The van der Waals surface area contributed by atoms with Gasteiger partial charge in [-0.15, -0.1) is 0 Å². The number of halogens is 2. The summed E-state index contributed by atoms with van der Waals surface area (Å²) < 4.78 is 0. The molecule has 2 aliphatic heterocycles. The van der Waals surface area contributed by atoms with Crippen LogP contribution in [0.1, 0.15) is 41.1 Å². The number of carbonyl (C=O) groups is 2. The summed E-state index contributed by atoms with van der Waals surface area (Å²) in [4.78, 5) is 29.3. The second kappa shape index (κ2) is 10.0. The van der Waals surface area contributed by atoms with Gasteiger partial charge in [-0.1, -0.05) is 53.5 Å². The van der Waals surface area contributed by atoms with Crippen LogP contribution in [0.2, 0.25) is 10.0 Å². The third kappa shape index (κ3) is 5.40. The molecule has 0 bridgehead atoms. The fraction of sp³-hybridized carbons (Fsp3) is 0.417. The molecule has 0 aromatic heterocycles. The van der Waals surface area contributed by atoms with Gasteiger partial charge in [0.05, 0.1) is 17.1 Å². The van der Waals surface area contributed by atoms with Crippen molar-refractivity contribution in [2.24, 2.45) is 0 Å². The minimum Gasteiger partial charge on any atom is -0.343 e. The van der Waals surface area contributed by atoms with Crippen LogP contribution in [0.15, 0.2) is 48.5 Å². The fourth-order valence-corrected chi connectivity index (χ4v) is 5.12. The molecule has 2 fully saturated rings. The summed E-state index contributed by atoms with van der Waals surface area (Å²) in [5.74, 6) is 0.209. The van der Waals surface area contributed by atoms with E-state index in [0.29, 0.717) is 22.5 Å². The average Bonchev–Trinajstić information content (AvgIpc) is 3.28. The molecule has 164 valence electrons. The first-order chi connectivity index (χ1) is 15.0. The molecule has 2 amide bonds. The predicted octanol–water partition coefficient (Wildman–Crippen LogP) is 4.20. The highest BCUT2D eigenvalue weighted by molar-refractivity contribution is 6.36. The molecule has 2 aromatic rings. The van der Waals surface area contributed by atoms with Gasteiger partial charge in [-0.25, -0.2) is 0 Å². The molecule has 0 spiro atoms. The summed E-state index contributed by atoms with van der Waals surface area (Å²) in [7, 11) is 0. The number of nitrogens with zero attached hydrogens (tertiary/aromatic N) is 2. The van der Waals surface area contributed by atoms with Crippen molar-refractivity contribution in [2.45, 2.75) is 31.2 Å². The minimum atomic E-state index is -0.367. The van der Waals surface area contributed by atoms with Crippen LogP contribution < -0.4 is 5.32 Å². The Kier molecular flexibility index (Phi) is 7.16. The first-order valence-electron chi connectivity index (χ1n) is 10.8. The number of hydrogen-bond acceptors (Lipinski definition) is 3. The summed E-state index contributed by atoms with van der Waals surface area (Å²) in [6.45, 7) is 3.57. The molecule has 0 radical (unpaired) electrons. The van der Waals surface area contributed by atoms with E-state index in [4.69, 9.17) is 23.2 Å². The molecule has 0 aliphatic carbocycles. The molecule has 2 heterocycles. The van der Waals surface area contributed by atoms with Gasteiger partial charge in [-0.2, -0.15) is 0 Å². The lowest BCUT2D eigenvalue weighted by Crippen LogP contribution is -2.44. The number of likely N-dealkylation sites (tertiary alicyclic amines) is 2. The van der Waals surface area contributed by atoms with Crippen LogP contribution in [0, 0.1) is 0 Å². The number of rotatable bonds is 5. The second-order valence-corrected chi connectivity index (χ2v) is 9.15. The molecule has 2 aromatic carbocycles. The van der Waals surface area contributed by atoms with Gasteiger partial charge in [-0.3, -0.25) is 14.5 Å². The van der Waals surface area contributed by atoms with E-state index in [0.717, 1.165) is 45.4 Å². The fourth-order valence-electron chi connectivity index (χ4n) is 4.63. The van der Waals surface area contributed by atoms with Crippen LogP contribution in [0.3, 0.4) is 0 Å². The molecular formula is C24H27Cl2N3O2. The quantitative estimate of drug-likeness (QED) is 0.728. The van der Waals surface area contributed by atoms with Crippen molar-refractivity contribution < 1.29 is 9.59 Å². The maximum atomic E-state index is 12.6. The molecule has 4 rings (SSSR count). The van der Waals surface area contributed by atoms with Gasteiger partial charge in [0, 0.05) is 24.2 Å². The first kappa shape index (κ1) is 22.1. The minimum absolute atomic E-state index is 0.0272. The SMILES string of the molecule is O=C(NCC(=O)N1CCC(N2CCC(c3ccccc3)CC2)C1)c1ccc(Cl)cc1Cl. The normalized spacial score (nSPS) is 20.1. The van der Waals surface area contributed by atoms with Crippen molar-refractivity contribution in [3.05, 3.63) is 69.7 Å². The van der Waals surface area contributed by atoms with Crippen LogP contribution in [0.5, 0.6) is 0 Å². The Hall–Kier alpha value is -2.08. The van der Waals surface area contributed by atoms with E-state index in [2.05, 4.69) is 40.5 Å². The summed E-state index contributed by atoms with van der Waals surface area (Å²) in [6, 6.07) is 15.8. The van der Waals surface area contributed by atoms with E-state index in [1.807, 2.05) is 4.90 Å². The van der Waals surface area contributed by atoms with Gasteiger partial charge in [-0.05, 0) is 62.0 Å². The standard InChI is InChI=1S/C24H27Cl2N3O2/c25-19-6-7-21(22(26)14-19)24(31)27-15-23(30)29-13-10-20(16-29)28-11-8-18(9-12-28)17-4-2-1-3-5-17/h1-7,14,18,20H,8-13,15-16H2,(H,27,31). The number of benzene rings is 2. The summed E-state index contributed by atoms with van der Waals surface area (Å²) in [6.07, 6.45) is 3.30. The van der Waals surface area contributed by atoms with Crippen LogP contribution in [-0.4, -0.2) is 60.4 Å². The Balaban J connectivity index is 1.23. The van der Waals surface area contributed by atoms with Crippen molar-refractivity contribution in [1.29, 1.82) is 0 Å². The van der Waals surface area contributed by atoms with Crippen molar-refractivity contribution in [1.82, 2.24) is 15.1 Å². The topological polar surface area (TPSA) is 52.7 Å². The summed E-state index contributed by atoms with van der Waals surface area (Å²) in [5, 5.41) is 3.42. The van der Waals surface area contributed by atoms with Gasteiger partial charge in [0.1, 0.15) is 0 Å². The van der Waals surface area contributed by atoms with Crippen molar-refractivity contribution in [3.63, 3.8) is 0 Å². The molecule has 1 unspecified atom stereocenters. The molecule has 2 saturated heterocycles. The molecule has 5 nitrogen and oxygen atoms in total. The molecule has 1 N–H and O–H groups in total. The Labute approximate surface area is 193 Å². The van der Waals surface area contributed by atoms with E-state index in [1.54, 1.807) is 12.1 Å². The summed E-state index contributed by atoms with van der Waals surface area (Å²) >= 11 is 11.9. The average molecular weight is 460 g/mol. The van der Waals surface area contributed by atoms with Crippen LogP contribution in [0.4, 0.5) is 0 Å². The zero-order valence-electron chi connectivity index (χ0n) is 17.4. The predicted molar refractivity (Wildman–Crippen MR) is 124 cm³/mol. The number of amides is 2. The van der Waals surface area contributed by atoms with Crippen molar-refractivity contribution in [3.8, 4) is 0 Å². The van der Waals surface area contributed by atoms with Crippen LogP contribution in [-0.2, 0) is 4.79 Å². The summed E-state index contributed by atoms with van der Waals surface area (Å²) in [5.41, 5.74) is 1.75. The number of piperidine rings is 1. The highest BCUT2D eigenvalue weighted by Gasteiger charge is 2.32. The molecule has 1 atom stereocenters. The van der Waals surface area contributed by atoms with Crippen molar-refractivity contribution in [2.75, 3.05) is 32.7 Å². The highest BCUT2D eigenvalue weighted by atomic mass is 35.5. The maximum absolute atomic E-state index is 12.6. The lowest BCUT2D eigenvalue weighted by atomic mass is 9.89. The smallest absolute Gasteiger partial charge is 0.253 e. The molecule has 7 heteroatoms. The van der Waals surface area contributed by atoms with Gasteiger partial charge in [0.15, 0.2) is 0 Å². The van der Waals surface area contributed by atoms with Gasteiger partial charge in [0.2, 0.25) is 5.91 Å². The Morgan fingerprint density at radius 1 is 0.968 bits per heavy atom. The molecule has 0 saturated carbocycles. The van der Waals surface area contributed by atoms with E-state index in [9.17, 15) is 9.59 Å². The molecule has 31 heavy (non-hydrogen) atoms. The Morgan fingerprint density at radius 2 is 1.71 bits per heavy atom. The largest absolute Gasteiger partial charge is 0.343 e. The number of carbonyl (C=O) groups excluding carboxylic acids is 2. The van der Waals surface area contributed by atoms with E-state index in [1.165, 1.54) is 11.6 Å². The highest BCUT2D eigenvalue weighted by Crippen LogP contribution is 2.30. The first-order valence-corrected chi connectivity index (χ1v) is 11.6. The van der Waals surface area contributed by atoms with Crippen LogP contribution in [0.25, 0.3) is 0 Å². The molecular weight excluding hydrogens is 433 g/mol. The monoisotopic (exact) mass is 459 g/mol. The van der Waals surface area contributed by atoms with Gasteiger partial charge >= 0.3 is 0 Å². The van der Waals surface area contributed by atoms with E-state index >= 15 is 0 Å². The van der Waals surface area contributed by atoms with E-state index in [-0.39, 0.29) is 23.4 Å². The molecule has 2 aliphatic rings. The maximum Gasteiger partial charge on any atom is 0.253 e. The Bertz CT molecular complexity index is 930. The van der Waals surface area contributed by atoms with E-state index < -0.39 is 0 Å². The van der Waals surface area contributed by atoms with Gasteiger partial charge in [0.25, 0.3) is 5.91 Å². The van der Waals surface area contributed by atoms with Crippen molar-refractivity contribution >= 4 is 35.0 Å². The zero-order chi connectivity index (χ0) is 21.8. The number of hydrogen-bond donors (Lipinski definition) is 1. The zero-order valence-corrected chi connectivity index (χ0v) is 18.9. The lowest BCUT2D eigenvalue weighted by molar-refractivity contribution is -0.129. The van der Waals surface area contributed by atoms with Crippen LogP contribution >= 0.6 is 23.2 Å². The second-order valence-electron chi connectivity index (χ2n) is 8.31. The van der Waals surface area contributed by atoms with Gasteiger partial charge < -0.3 is 10.2 Å².